The Bertz CT molecular complexity index is 848. The van der Waals surface area contributed by atoms with Gasteiger partial charge in [-0.2, -0.15) is 5.10 Å². The molecule has 2 aromatic rings. The number of hydrogen-bond acceptors (Lipinski definition) is 4. The van der Waals surface area contributed by atoms with Crippen LogP contribution in [-0.4, -0.2) is 23.5 Å². The van der Waals surface area contributed by atoms with Crippen LogP contribution in [0.5, 0.6) is 0 Å². The van der Waals surface area contributed by atoms with Crippen LogP contribution in [0.25, 0.3) is 11.1 Å². The average molecular weight is 340 g/mol. The zero-order chi connectivity index (χ0) is 17.1. The van der Waals surface area contributed by atoms with E-state index in [-0.39, 0.29) is 5.11 Å². The Balaban J connectivity index is 2.11. The summed E-state index contributed by atoms with van der Waals surface area (Å²) in [4.78, 5) is 11.8. The quantitative estimate of drug-likeness (QED) is 0.504. The van der Waals surface area contributed by atoms with Gasteiger partial charge in [-0.1, -0.05) is 36.4 Å². The van der Waals surface area contributed by atoms with E-state index in [0.717, 1.165) is 28.0 Å². The van der Waals surface area contributed by atoms with E-state index in [0.29, 0.717) is 12.3 Å². The van der Waals surface area contributed by atoms with Crippen LogP contribution < -0.4 is 16.5 Å². The van der Waals surface area contributed by atoms with Gasteiger partial charge in [-0.15, -0.1) is 0 Å². The molecule has 0 aromatic heterocycles. The molecule has 0 bridgehead atoms. The molecular weight excluding hydrogens is 324 g/mol. The van der Waals surface area contributed by atoms with Crippen molar-refractivity contribution in [1.29, 1.82) is 0 Å². The molecule has 3 rings (SSSR count). The highest BCUT2D eigenvalue weighted by Crippen LogP contribution is 2.41. The van der Waals surface area contributed by atoms with Gasteiger partial charge in [-0.25, -0.2) is 4.79 Å². The molecule has 1 aliphatic rings. The van der Waals surface area contributed by atoms with Gasteiger partial charge >= 0.3 is 6.09 Å². The molecule has 1 aliphatic carbocycles. The van der Waals surface area contributed by atoms with Crippen molar-refractivity contribution in [1.82, 2.24) is 5.43 Å². The smallest absolute Gasteiger partial charge is 0.411 e. The van der Waals surface area contributed by atoms with E-state index in [1.54, 1.807) is 6.92 Å². The SMILES string of the molecule is CCOC(=O)Nc1cccc2c1-c1ccccc1/C2=N/NC(N)=S. The first kappa shape index (κ1) is 15.9. The summed E-state index contributed by atoms with van der Waals surface area (Å²) in [6, 6.07) is 13.4. The molecule has 7 heteroatoms. The summed E-state index contributed by atoms with van der Waals surface area (Å²) in [6.07, 6.45) is -0.491. The van der Waals surface area contributed by atoms with Crippen molar-refractivity contribution < 1.29 is 9.53 Å². The molecule has 0 saturated carbocycles. The number of carbonyl (C=O) groups is 1. The molecule has 6 nitrogen and oxygen atoms in total. The number of nitrogens with two attached hydrogens (primary N) is 1. The lowest BCUT2D eigenvalue weighted by molar-refractivity contribution is 0.168. The average Bonchev–Trinajstić information content (AvgIpc) is 2.88. The third-order valence-electron chi connectivity index (χ3n) is 3.56. The van der Waals surface area contributed by atoms with Gasteiger partial charge in [-0.05, 0) is 30.8 Å². The molecular formula is C17H16N4O2S. The van der Waals surface area contributed by atoms with Crippen LogP contribution in [0.2, 0.25) is 0 Å². The van der Waals surface area contributed by atoms with Gasteiger partial charge in [0.15, 0.2) is 5.11 Å². The third kappa shape index (κ3) is 2.93. The highest BCUT2D eigenvalue weighted by molar-refractivity contribution is 7.80. The van der Waals surface area contributed by atoms with E-state index < -0.39 is 6.09 Å². The second-order valence-corrected chi connectivity index (χ2v) is 5.50. The maximum atomic E-state index is 11.8. The predicted octanol–water partition coefficient (Wildman–Crippen LogP) is 2.82. The lowest BCUT2D eigenvalue weighted by Crippen LogP contribution is -2.25. The van der Waals surface area contributed by atoms with Crippen molar-refractivity contribution in [2.24, 2.45) is 10.8 Å². The van der Waals surface area contributed by atoms with Crippen LogP contribution in [0, 0.1) is 0 Å². The number of nitrogens with zero attached hydrogens (tertiary/aromatic N) is 1. The van der Waals surface area contributed by atoms with E-state index in [1.807, 2.05) is 42.5 Å². The molecule has 0 atom stereocenters. The molecule has 0 aliphatic heterocycles. The standard InChI is InChI=1S/C17H16N4O2S/c1-2-23-17(22)19-13-9-5-8-12-14(13)10-6-3-4-7-11(10)15(12)20-21-16(18)24/h3-9H,2H2,1H3,(H,19,22)(H3,18,21,24)/b20-15-. The van der Waals surface area contributed by atoms with Gasteiger partial charge in [-0.3, -0.25) is 10.7 Å². The number of carbonyl (C=O) groups excluding carboxylic acids is 1. The third-order valence-corrected chi connectivity index (χ3v) is 3.65. The zero-order valence-electron chi connectivity index (χ0n) is 13.0. The number of thiocarbonyl (C=S) groups is 1. The normalized spacial score (nSPS) is 13.1. The molecule has 122 valence electrons. The van der Waals surface area contributed by atoms with Gasteiger partial charge in [0.2, 0.25) is 0 Å². The van der Waals surface area contributed by atoms with E-state index in [9.17, 15) is 4.79 Å². The number of ether oxygens (including phenoxy) is 1. The maximum Gasteiger partial charge on any atom is 0.411 e. The largest absolute Gasteiger partial charge is 0.450 e. The van der Waals surface area contributed by atoms with Crippen LogP contribution in [0.15, 0.2) is 47.6 Å². The molecule has 1 amide bonds. The van der Waals surface area contributed by atoms with Crippen molar-refractivity contribution in [2.75, 3.05) is 11.9 Å². The van der Waals surface area contributed by atoms with Crippen LogP contribution >= 0.6 is 12.2 Å². The number of nitrogens with one attached hydrogen (secondary N) is 2. The van der Waals surface area contributed by atoms with Gasteiger partial charge in [0.25, 0.3) is 0 Å². The Labute approximate surface area is 144 Å². The van der Waals surface area contributed by atoms with Crippen molar-refractivity contribution in [3.8, 4) is 11.1 Å². The molecule has 0 saturated heterocycles. The fraction of sp³-hybridized carbons (Fsp3) is 0.118. The lowest BCUT2D eigenvalue weighted by atomic mass is 10.0. The van der Waals surface area contributed by atoms with E-state index in [2.05, 4.69) is 15.8 Å². The number of hydrogen-bond donors (Lipinski definition) is 3. The summed E-state index contributed by atoms with van der Waals surface area (Å²) in [6.45, 7) is 2.07. The van der Waals surface area contributed by atoms with Crippen LogP contribution in [0.4, 0.5) is 10.5 Å². The van der Waals surface area contributed by atoms with Crippen molar-refractivity contribution in [2.45, 2.75) is 6.92 Å². The molecule has 0 spiro atoms. The number of fused-ring (bicyclic) bond motifs is 3. The summed E-state index contributed by atoms with van der Waals surface area (Å²) < 4.78 is 4.97. The van der Waals surface area contributed by atoms with Crippen molar-refractivity contribution in [3.63, 3.8) is 0 Å². The zero-order valence-corrected chi connectivity index (χ0v) is 13.8. The highest BCUT2D eigenvalue weighted by Gasteiger charge is 2.27. The number of amides is 1. The second kappa shape index (κ2) is 6.67. The number of benzene rings is 2. The molecule has 4 N–H and O–H groups in total. The molecule has 0 unspecified atom stereocenters. The fourth-order valence-corrected chi connectivity index (χ4v) is 2.75. The van der Waals surface area contributed by atoms with Crippen LogP contribution in [-0.2, 0) is 4.74 Å². The first-order valence-corrected chi connectivity index (χ1v) is 7.82. The van der Waals surface area contributed by atoms with Crippen LogP contribution in [0.1, 0.15) is 18.1 Å². The monoisotopic (exact) mass is 340 g/mol. The lowest BCUT2D eigenvalue weighted by Gasteiger charge is -2.10. The Morgan fingerprint density at radius 3 is 2.58 bits per heavy atom. The Hall–Kier alpha value is -2.93. The molecule has 0 radical (unpaired) electrons. The van der Waals surface area contributed by atoms with E-state index in [4.69, 9.17) is 22.7 Å². The van der Waals surface area contributed by atoms with Crippen molar-refractivity contribution in [3.05, 3.63) is 53.6 Å². The van der Waals surface area contributed by atoms with Gasteiger partial charge in [0.05, 0.1) is 18.0 Å². The first-order chi connectivity index (χ1) is 11.6. The minimum Gasteiger partial charge on any atom is -0.450 e. The highest BCUT2D eigenvalue weighted by atomic mass is 32.1. The van der Waals surface area contributed by atoms with Crippen molar-refractivity contribution >= 4 is 34.8 Å². The van der Waals surface area contributed by atoms with Gasteiger partial charge in [0.1, 0.15) is 0 Å². The Morgan fingerprint density at radius 2 is 1.88 bits per heavy atom. The molecule has 0 heterocycles. The maximum absolute atomic E-state index is 11.8. The Morgan fingerprint density at radius 1 is 1.17 bits per heavy atom. The molecule has 2 aromatic carbocycles. The number of anilines is 1. The van der Waals surface area contributed by atoms with Crippen LogP contribution in [0.3, 0.4) is 0 Å². The number of rotatable bonds is 3. The summed E-state index contributed by atoms with van der Waals surface area (Å²) in [5.74, 6) is 0. The summed E-state index contributed by atoms with van der Waals surface area (Å²) in [7, 11) is 0. The van der Waals surface area contributed by atoms with E-state index >= 15 is 0 Å². The minimum atomic E-state index is -0.491. The summed E-state index contributed by atoms with van der Waals surface area (Å²) in [5.41, 5.74) is 13.2. The van der Waals surface area contributed by atoms with Gasteiger partial charge in [0, 0.05) is 16.7 Å². The minimum absolute atomic E-state index is 0.0919. The Kier molecular flexibility index (Phi) is 4.43. The summed E-state index contributed by atoms with van der Waals surface area (Å²) >= 11 is 4.83. The first-order valence-electron chi connectivity index (χ1n) is 7.42. The topological polar surface area (TPSA) is 88.7 Å². The summed E-state index contributed by atoms with van der Waals surface area (Å²) in [5, 5.41) is 7.19. The second-order valence-electron chi connectivity index (χ2n) is 5.06. The van der Waals surface area contributed by atoms with Gasteiger partial charge < -0.3 is 10.5 Å². The van der Waals surface area contributed by atoms with E-state index in [1.165, 1.54) is 0 Å². The fourth-order valence-electron chi connectivity index (χ4n) is 2.71. The predicted molar refractivity (Wildman–Crippen MR) is 98.1 cm³/mol. The molecule has 24 heavy (non-hydrogen) atoms. The molecule has 0 fully saturated rings. The number of hydrazone groups is 1.